The first-order chi connectivity index (χ1) is 7.43. The molecule has 0 aromatic rings. The van der Waals surface area contributed by atoms with E-state index in [0.29, 0.717) is 25.9 Å². The highest BCUT2D eigenvalue weighted by Crippen LogP contribution is 2.42. The van der Waals surface area contributed by atoms with E-state index in [1.54, 1.807) is 6.92 Å². The first kappa shape index (κ1) is 13.5. The minimum absolute atomic E-state index is 0.0128. The van der Waals surface area contributed by atoms with Gasteiger partial charge < -0.3 is 16.2 Å². The van der Waals surface area contributed by atoms with Crippen LogP contribution in [0.5, 0.6) is 0 Å². The lowest BCUT2D eigenvalue weighted by Gasteiger charge is -2.40. The van der Waals surface area contributed by atoms with Crippen LogP contribution in [0, 0.1) is 5.41 Å². The number of amides is 1. The summed E-state index contributed by atoms with van der Waals surface area (Å²) < 4.78 is 0. The predicted octanol–water partition coefficient (Wildman–Crippen LogP) is 0.783. The summed E-state index contributed by atoms with van der Waals surface area (Å²) in [4.78, 5) is 11.7. The topological polar surface area (TPSA) is 75.3 Å². The van der Waals surface area contributed by atoms with Crippen molar-refractivity contribution >= 4 is 5.91 Å². The Hall–Kier alpha value is -0.610. The molecule has 0 aromatic heterocycles. The van der Waals surface area contributed by atoms with Gasteiger partial charge in [0, 0.05) is 13.0 Å². The summed E-state index contributed by atoms with van der Waals surface area (Å²) in [5.74, 6) is 0.0128. The molecule has 1 rings (SSSR count). The maximum absolute atomic E-state index is 11.7. The summed E-state index contributed by atoms with van der Waals surface area (Å²) in [5.41, 5.74) is 4.94. The Labute approximate surface area is 97.6 Å². The number of carbonyl (C=O) groups excluding carboxylic acids is 1. The van der Waals surface area contributed by atoms with Crippen LogP contribution in [0.2, 0.25) is 0 Å². The Balaban J connectivity index is 2.31. The maximum atomic E-state index is 11.7. The molecule has 0 spiro atoms. The van der Waals surface area contributed by atoms with Crippen molar-refractivity contribution in [3.8, 4) is 0 Å². The van der Waals surface area contributed by atoms with E-state index < -0.39 is 5.60 Å². The van der Waals surface area contributed by atoms with E-state index in [0.717, 1.165) is 12.8 Å². The first-order valence-electron chi connectivity index (χ1n) is 6.12. The van der Waals surface area contributed by atoms with Crippen LogP contribution in [0.25, 0.3) is 0 Å². The number of hydrogen-bond donors (Lipinski definition) is 3. The molecule has 94 valence electrons. The van der Waals surface area contributed by atoms with Crippen molar-refractivity contribution in [2.45, 2.75) is 51.6 Å². The van der Waals surface area contributed by atoms with E-state index in [-0.39, 0.29) is 11.3 Å². The monoisotopic (exact) mass is 228 g/mol. The zero-order valence-electron chi connectivity index (χ0n) is 10.4. The fraction of sp³-hybridized carbons (Fsp3) is 0.917. The molecule has 4 N–H and O–H groups in total. The quantitative estimate of drug-likeness (QED) is 0.629. The molecular weight excluding hydrogens is 204 g/mol. The Morgan fingerprint density at radius 1 is 1.56 bits per heavy atom. The molecule has 4 nitrogen and oxygen atoms in total. The van der Waals surface area contributed by atoms with Gasteiger partial charge in [-0.15, -0.1) is 0 Å². The molecule has 0 heterocycles. The van der Waals surface area contributed by atoms with Crippen LogP contribution < -0.4 is 11.1 Å². The van der Waals surface area contributed by atoms with E-state index in [2.05, 4.69) is 5.32 Å². The highest BCUT2D eigenvalue weighted by Gasteiger charge is 2.37. The number of hydrogen-bond acceptors (Lipinski definition) is 3. The minimum Gasteiger partial charge on any atom is -0.388 e. The Bertz CT molecular complexity index is 242. The lowest BCUT2D eigenvalue weighted by molar-refractivity contribution is -0.125. The molecule has 1 amide bonds. The molecular formula is C12H24N2O2. The van der Waals surface area contributed by atoms with Gasteiger partial charge in [0.15, 0.2) is 0 Å². The van der Waals surface area contributed by atoms with E-state index in [1.165, 1.54) is 6.42 Å². The molecule has 1 aliphatic carbocycles. The number of nitrogens with two attached hydrogens (primary N) is 1. The average molecular weight is 228 g/mol. The van der Waals surface area contributed by atoms with Gasteiger partial charge in [0.25, 0.3) is 0 Å². The van der Waals surface area contributed by atoms with Gasteiger partial charge in [-0.05, 0) is 38.1 Å². The van der Waals surface area contributed by atoms with E-state index >= 15 is 0 Å². The van der Waals surface area contributed by atoms with Crippen molar-refractivity contribution in [2.75, 3.05) is 13.1 Å². The molecule has 1 fully saturated rings. The number of rotatable bonds is 6. The third-order valence-corrected chi connectivity index (χ3v) is 3.81. The van der Waals surface area contributed by atoms with Gasteiger partial charge in [-0.2, -0.15) is 0 Å². The molecule has 1 saturated carbocycles. The zero-order valence-corrected chi connectivity index (χ0v) is 10.4. The average Bonchev–Trinajstić information content (AvgIpc) is 2.21. The van der Waals surface area contributed by atoms with Gasteiger partial charge in [-0.25, -0.2) is 0 Å². The van der Waals surface area contributed by atoms with Crippen LogP contribution in [0.15, 0.2) is 0 Å². The zero-order chi connectivity index (χ0) is 12.2. The van der Waals surface area contributed by atoms with E-state index in [1.807, 2.05) is 6.92 Å². The maximum Gasteiger partial charge on any atom is 0.220 e. The van der Waals surface area contributed by atoms with Crippen molar-refractivity contribution in [1.82, 2.24) is 5.32 Å². The smallest absolute Gasteiger partial charge is 0.220 e. The van der Waals surface area contributed by atoms with Crippen molar-refractivity contribution in [3.63, 3.8) is 0 Å². The largest absolute Gasteiger partial charge is 0.388 e. The van der Waals surface area contributed by atoms with Gasteiger partial charge in [0.1, 0.15) is 0 Å². The number of nitrogens with one attached hydrogen (secondary N) is 1. The molecule has 0 aliphatic heterocycles. The molecule has 1 atom stereocenters. The molecule has 0 saturated heterocycles. The third kappa shape index (κ3) is 3.46. The van der Waals surface area contributed by atoms with Crippen molar-refractivity contribution < 1.29 is 9.90 Å². The summed E-state index contributed by atoms with van der Waals surface area (Å²) in [5, 5.41) is 12.5. The van der Waals surface area contributed by atoms with Crippen molar-refractivity contribution in [1.29, 1.82) is 0 Å². The molecule has 0 bridgehead atoms. The lowest BCUT2D eigenvalue weighted by Crippen LogP contribution is -2.45. The highest BCUT2D eigenvalue weighted by atomic mass is 16.3. The number of aliphatic hydroxyl groups is 1. The minimum atomic E-state index is -0.800. The SMILES string of the molecule is CCC(C)(O)CNC(=O)CC1(CN)CCC1. The fourth-order valence-corrected chi connectivity index (χ4v) is 1.95. The van der Waals surface area contributed by atoms with Crippen LogP contribution >= 0.6 is 0 Å². The van der Waals surface area contributed by atoms with Crippen LogP contribution in [0.1, 0.15) is 46.0 Å². The molecule has 4 heteroatoms. The van der Waals surface area contributed by atoms with E-state index in [9.17, 15) is 9.90 Å². The second-order valence-corrected chi connectivity index (χ2v) is 5.36. The molecule has 0 radical (unpaired) electrons. The van der Waals surface area contributed by atoms with Gasteiger partial charge in [0.2, 0.25) is 5.91 Å². The van der Waals surface area contributed by atoms with Crippen LogP contribution in [-0.4, -0.2) is 29.7 Å². The van der Waals surface area contributed by atoms with Crippen molar-refractivity contribution in [3.05, 3.63) is 0 Å². The van der Waals surface area contributed by atoms with Crippen LogP contribution in [0.4, 0.5) is 0 Å². The summed E-state index contributed by atoms with van der Waals surface area (Å²) in [6.07, 6.45) is 4.43. The molecule has 1 aliphatic rings. The third-order valence-electron chi connectivity index (χ3n) is 3.81. The van der Waals surface area contributed by atoms with E-state index in [4.69, 9.17) is 5.73 Å². The first-order valence-corrected chi connectivity index (χ1v) is 6.12. The second kappa shape index (κ2) is 5.15. The Kier molecular flexibility index (Phi) is 4.33. The van der Waals surface area contributed by atoms with Crippen molar-refractivity contribution in [2.24, 2.45) is 11.1 Å². The Morgan fingerprint density at radius 3 is 2.56 bits per heavy atom. The van der Waals surface area contributed by atoms with Gasteiger partial charge in [-0.3, -0.25) is 4.79 Å². The van der Waals surface area contributed by atoms with Crippen LogP contribution in [-0.2, 0) is 4.79 Å². The number of carbonyl (C=O) groups is 1. The van der Waals surface area contributed by atoms with Crippen LogP contribution in [0.3, 0.4) is 0 Å². The molecule has 16 heavy (non-hydrogen) atoms. The summed E-state index contributed by atoms with van der Waals surface area (Å²) in [6.45, 7) is 4.54. The lowest BCUT2D eigenvalue weighted by atomic mass is 9.66. The normalized spacial score (nSPS) is 22.0. The van der Waals surface area contributed by atoms with Gasteiger partial charge in [-0.1, -0.05) is 13.3 Å². The summed E-state index contributed by atoms with van der Waals surface area (Å²) in [7, 11) is 0. The summed E-state index contributed by atoms with van der Waals surface area (Å²) >= 11 is 0. The second-order valence-electron chi connectivity index (χ2n) is 5.36. The van der Waals surface area contributed by atoms with Gasteiger partial charge >= 0.3 is 0 Å². The Morgan fingerprint density at radius 2 is 2.19 bits per heavy atom. The highest BCUT2D eigenvalue weighted by molar-refractivity contribution is 5.76. The summed E-state index contributed by atoms with van der Waals surface area (Å²) in [6, 6.07) is 0. The molecule has 1 unspecified atom stereocenters. The fourth-order valence-electron chi connectivity index (χ4n) is 1.95. The predicted molar refractivity (Wildman–Crippen MR) is 63.9 cm³/mol. The van der Waals surface area contributed by atoms with Gasteiger partial charge in [0.05, 0.1) is 5.60 Å². The molecule has 0 aromatic carbocycles. The standard InChI is InChI=1S/C12H24N2O2/c1-3-11(2,16)9-14-10(15)7-12(8-13)5-4-6-12/h16H,3-9,13H2,1-2H3,(H,14,15).